The Kier molecular flexibility index (Phi) is 14.5. The van der Waals surface area contributed by atoms with E-state index < -0.39 is 71.6 Å². The third-order valence-corrected chi connectivity index (χ3v) is 9.34. The normalized spacial score (nSPS) is 16.7. The maximum Gasteiger partial charge on any atom is 0.326 e. The minimum Gasteiger partial charge on any atom is -0.508 e. The van der Waals surface area contributed by atoms with Crippen LogP contribution in [0.25, 0.3) is 0 Å². The van der Waals surface area contributed by atoms with Crippen molar-refractivity contribution in [3.63, 3.8) is 0 Å². The van der Waals surface area contributed by atoms with E-state index >= 15 is 0 Å². The van der Waals surface area contributed by atoms with E-state index in [9.17, 15) is 39.0 Å². The first-order chi connectivity index (χ1) is 25.4. The lowest BCUT2D eigenvalue weighted by atomic mass is 9.96. The molecule has 16 nitrogen and oxygen atoms in total. The summed E-state index contributed by atoms with van der Waals surface area (Å²) in [6.45, 7) is 3.43. The molecule has 2 aromatic carbocycles. The van der Waals surface area contributed by atoms with Crippen molar-refractivity contribution in [1.29, 1.82) is 0 Å². The van der Waals surface area contributed by atoms with Crippen molar-refractivity contribution in [2.24, 2.45) is 11.7 Å². The number of hydrogen-bond acceptors (Lipinski definition) is 9. The van der Waals surface area contributed by atoms with E-state index in [1.165, 1.54) is 29.6 Å². The van der Waals surface area contributed by atoms with Crippen molar-refractivity contribution in [3.05, 3.63) is 83.9 Å². The summed E-state index contributed by atoms with van der Waals surface area (Å²) >= 11 is 0. The molecule has 16 heteroatoms. The predicted octanol–water partition coefficient (Wildman–Crippen LogP) is 0.163. The number of nitrogens with two attached hydrogens (primary N) is 1. The Hall–Kier alpha value is -5.77. The summed E-state index contributed by atoms with van der Waals surface area (Å²) in [5, 5.41) is 30.3. The fraction of sp³-hybridized carbons (Fsp3) is 0.432. The first-order valence-electron chi connectivity index (χ1n) is 17.6. The van der Waals surface area contributed by atoms with E-state index in [2.05, 4.69) is 31.2 Å². The van der Waals surface area contributed by atoms with Crippen LogP contribution in [-0.2, 0) is 48.0 Å². The van der Waals surface area contributed by atoms with Crippen LogP contribution in [0.1, 0.15) is 49.9 Å². The van der Waals surface area contributed by atoms with E-state index in [0.29, 0.717) is 30.5 Å². The highest BCUT2D eigenvalue weighted by atomic mass is 16.4. The number of aromatic amines is 1. The van der Waals surface area contributed by atoms with Gasteiger partial charge in [0.15, 0.2) is 0 Å². The van der Waals surface area contributed by atoms with Gasteiger partial charge in [0.05, 0.1) is 12.9 Å². The molecule has 0 spiro atoms. The number of H-pyrrole nitrogens is 1. The van der Waals surface area contributed by atoms with E-state index in [4.69, 9.17) is 5.73 Å². The summed E-state index contributed by atoms with van der Waals surface area (Å²) < 4.78 is 0. The average molecular weight is 733 g/mol. The number of carboxylic acid groups (broad SMARTS) is 1. The molecule has 6 atom stereocenters. The smallest absolute Gasteiger partial charge is 0.326 e. The number of carbonyl (C=O) groups excluding carboxylic acids is 5. The number of benzene rings is 2. The van der Waals surface area contributed by atoms with Crippen LogP contribution >= 0.6 is 0 Å². The van der Waals surface area contributed by atoms with Crippen LogP contribution in [0.15, 0.2) is 67.1 Å². The topological polar surface area (TPSA) is 249 Å². The van der Waals surface area contributed by atoms with Crippen molar-refractivity contribution in [2.75, 3.05) is 13.1 Å². The maximum atomic E-state index is 14.2. The van der Waals surface area contributed by atoms with Gasteiger partial charge in [-0.25, -0.2) is 9.78 Å². The number of phenols is 1. The fourth-order valence-corrected chi connectivity index (χ4v) is 6.18. The number of aromatic hydroxyl groups is 1. The van der Waals surface area contributed by atoms with E-state index in [-0.39, 0.29) is 38.1 Å². The van der Waals surface area contributed by atoms with Gasteiger partial charge in [-0.3, -0.25) is 24.0 Å². The Morgan fingerprint density at radius 3 is 2.19 bits per heavy atom. The summed E-state index contributed by atoms with van der Waals surface area (Å²) in [7, 11) is 0. The molecule has 53 heavy (non-hydrogen) atoms. The zero-order chi connectivity index (χ0) is 38.5. The SMILES string of the molecule is CC[C@H](C)[C@H](NC(=O)[C@H](Cc1ccc(O)cc1)NC(=O)CN)C(=O)N[C@@H](Cc1cnc[nH]1)C(=O)N1CCC[C@H]1C(=O)N[C@@H](Cc1ccccc1)C(=O)O. The lowest BCUT2D eigenvalue weighted by Gasteiger charge is -2.31. The molecule has 0 bridgehead atoms. The molecule has 1 aliphatic heterocycles. The number of nitrogens with zero attached hydrogens (tertiary/aromatic N) is 2. The zero-order valence-electron chi connectivity index (χ0n) is 29.8. The molecule has 0 saturated carbocycles. The number of rotatable bonds is 18. The molecule has 2 heterocycles. The second-order valence-corrected chi connectivity index (χ2v) is 13.2. The molecule has 284 valence electrons. The molecule has 0 radical (unpaired) electrons. The number of aromatic nitrogens is 2. The largest absolute Gasteiger partial charge is 0.508 e. The lowest BCUT2D eigenvalue weighted by molar-refractivity contribution is -0.145. The van der Waals surface area contributed by atoms with Crippen molar-refractivity contribution < 1.29 is 39.0 Å². The minimum absolute atomic E-state index is 0.0155. The Labute approximate surface area is 307 Å². The number of phenolic OH excluding ortho intramolecular Hbond substituents is 1. The van der Waals surface area contributed by atoms with Crippen LogP contribution in [0.5, 0.6) is 5.75 Å². The third kappa shape index (κ3) is 11.4. The van der Waals surface area contributed by atoms with Crippen LogP contribution in [0.3, 0.4) is 0 Å². The molecule has 1 saturated heterocycles. The van der Waals surface area contributed by atoms with Gasteiger partial charge < -0.3 is 47.1 Å². The van der Waals surface area contributed by atoms with Crippen LogP contribution in [-0.4, -0.2) is 104 Å². The molecular weight excluding hydrogens is 684 g/mol. The first-order valence-corrected chi connectivity index (χ1v) is 17.6. The molecule has 5 amide bonds. The van der Waals surface area contributed by atoms with Gasteiger partial charge in [-0.15, -0.1) is 0 Å². The third-order valence-electron chi connectivity index (χ3n) is 9.34. The number of likely N-dealkylation sites (tertiary alicyclic amines) is 1. The van der Waals surface area contributed by atoms with Crippen LogP contribution < -0.4 is 27.0 Å². The zero-order valence-corrected chi connectivity index (χ0v) is 29.8. The van der Waals surface area contributed by atoms with Crippen molar-refractivity contribution in [1.82, 2.24) is 36.1 Å². The first kappa shape index (κ1) is 40.0. The van der Waals surface area contributed by atoms with Gasteiger partial charge in [0.1, 0.15) is 36.0 Å². The van der Waals surface area contributed by atoms with E-state index in [1.54, 1.807) is 49.4 Å². The van der Waals surface area contributed by atoms with E-state index in [1.807, 2.05) is 6.92 Å². The van der Waals surface area contributed by atoms with Crippen molar-refractivity contribution in [3.8, 4) is 5.75 Å². The second kappa shape index (κ2) is 19.2. The molecule has 9 N–H and O–H groups in total. The quantitative estimate of drug-likeness (QED) is 0.0880. The monoisotopic (exact) mass is 732 g/mol. The highest BCUT2D eigenvalue weighted by Gasteiger charge is 2.40. The summed E-state index contributed by atoms with van der Waals surface area (Å²) in [5.74, 6) is -4.67. The van der Waals surface area contributed by atoms with Gasteiger partial charge in [-0.2, -0.15) is 0 Å². The van der Waals surface area contributed by atoms with Crippen molar-refractivity contribution >= 4 is 35.5 Å². The number of nitrogens with one attached hydrogen (secondary N) is 5. The Balaban J connectivity index is 1.53. The second-order valence-electron chi connectivity index (χ2n) is 13.2. The Bertz CT molecular complexity index is 1700. The number of aliphatic carboxylic acids is 1. The Morgan fingerprint density at radius 2 is 1.57 bits per heavy atom. The van der Waals surface area contributed by atoms with Crippen LogP contribution in [0, 0.1) is 5.92 Å². The van der Waals surface area contributed by atoms with Crippen LogP contribution in [0.2, 0.25) is 0 Å². The average Bonchev–Trinajstić information content (AvgIpc) is 3.86. The summed E-state index contributed by atoms with van der Waals surface area (Å²) in [5.41, 5.74) is 7.39. The molecule has 1 aromatic heterocycles. The van der Waals surface area contributed by atoms with Gasteiger partial charge in [0, 0.05) is 37.7 Å². The summed E-state index contributed by atoms with van der Waals surface area (Å²) in [6.07, 6.45) is 4.25. The van der Waals surface area contributed by atoms with Gasteiger partial charge in [-0.1, -0.05) is 62.7 Å². The van der Waals surface area contributed by atoms with Gasteiger partial charge in [0.2, 0.25) is 29.5 Å². The number of imidazole rings is 1. The molecule has 1 aliphatic rings. The molecule has 1 fully saturated rings. The molecular formula is C37H48N8O8. The molecule has 4 rings (SSSR count). The van der Waals surface area contributed by atoms with Crippen LogP contribution in [0.4, 0.5) is 0 Å². The molecule has 0 unspecified atom stereocenters. The fourth-order valence-electron chi connectivity index (χ4n) is 6.18. The Morgan fingerprint density at radius 1 is 0.887 bits per heavy atom. The van der Waals surface area contributed by atoms with Gasteiger partial charge in [0.25, 0.3) is 0 Å². The standard InChI is InChI=1S/C37H48N8O8/c1-3-22(2)32(44-33(48)27(41-31(47)19-38)16-24-11-13-26(46)14-12-24)35(50)42-28(18-25-20-39-21-40-25)36(51)45-15-7-10-30(45)34(49)43-29(37(52)53)17-23-8-5-4-6-9-23/h4-6,8-9,11-14,20-22,27-30,32,46H,3,7,10,15-19,38H2,1-2H3,(H,39,40)(H,41,47)(H,42,50)(H,43,49)(H,44,48)(H,52,53)/t22-,27-,28-,29-,30-,32-/m0/s1. The van der Waals surface area contributed by atoms with Crippen molar-refractivity contribution in [2.45, 2.75) is 82.6 Å². The predicted molar refractivity (Wildman–Crippen MR) is 193 cm³/mol. The lowest BCUT2D eigenvalue weighted by Crippen LogP contribution is -2.60. The molecule has 0 aliphatic carbocycles. The number of amides is 5. The summed E-state index contributed by atoms with van der Waals surface area (Å²) in [4.78, 5) is 88.1. The van der Waals surface area contributed by atoms with Gasteiger partial charge >= 0.3 is 5.97 Å². The molecule has 3 aromatic rings. The summed E-state index contributed by atoms with van der Waals surface area (Å²) in [6, 6.07) is 9.34. The number of carboxylic acids is 1. The number of hydrogen-bond donors (Lipinski definition) is 8. The maximum absolute atomic E-state index is 14.2. The van der Waals surface area contributed by atoms with Gasteiger partial charge in [-0.05, 0) is 42.0 Å². The minimum atomic E-state index is -1.23. The number of carbonyl (C=O) groups is 6. The highest BCUT2D eigenvalue weighted by Crippen LogP contribution is 2.21. The highest BCUT2D eigenvalue weighted by molar-refractivity contribution is 5.96. The van der Waals surface area contributed by atoms with E-state index in [0.717, 1.165) is 5.56 Å².